The summed E-state index contributed by atoms with van der Waals surface area (Å²) in [6.07, 6.45) is 1.40. The van der Waals surface area contributed by atoms with Crippen molar-refractivity contribution in [2.24, 2.45) is 0 Å². The molecule has 0 radical (unpaired) electrons. The van der Waals surface area contributed by atoms with Crippen molar-refractivity contribution in [3.8, 4) is 0 Å². The zero-order valence-electron chi connectivity index (χ0n) is 11.3. The summed E-state index contributed by atoms with van der Waals surface area (Å²) in [5.41, 5.74) is 5.11. The van der Waals surface area contributed by atoms with E-state index in [1.54, 1.807) is 0 Å². The first-order chi connectivity index (χ1) is 9.31. The zero-order valence-corrected chi connectivity index (χ0v) is 12.9. The molecule has 3 N–H and O–H groups in total. The molecule has 1 aromatic rings. The molecule has 1 rings (SSSR count). The molecule has 114 valence electrons. The Hall–Kier alpha value is -0.890. The number of anilines is 1. The lowest BCUT2D eigenvalue weighted by molar-refractivity contribution is 0.171. The van der Waals surface area contributed by atoms with Gasteiger partial charge in [-0.25, -0.2) is 17.5 Å². The Labute approximate surface area is 123 Å². The second-order valence-corrected chi connectivity index (χ2v) is 6.46. The molecule has 0 aromatic heterocycles. The molecular formula is C12H18ClFN2O3S. The van der Waals surface area contributed by atoms with Crippen molar-refractivity contribution in [2.75, 3.05) is 19.5 Å². The Bertz CT molecular complexity index is 560. The quantitative estimate of drug-likeness (QED) is 0.753. The van der Waals surface area contributed by atoms with Gasteiger partial charge in [0.2, 0.25) is 10.0 Å². The normalized spacial score (nSPS) is 13.4. The number of rotatable bonds is 7. The molecule has 0 saturated heterocycles. The van der Waals surface area contributed by atoms with Crippen LogP contribution in [0.4, 0.5) is 10.1 Å². The molecule has 20 heavy (non-hydrogen) atoms. The van der Waals surface area contributed by atoms with E-state index < -0.39 is 15.8 Å². The van der Waals surface area contributed by atoms with Crippen molar-refractivity contribution in [1.82, 2.24) is 4.72 Å². The van der Waals surface area contributed by atoms with Crippen molar-refractivity contribution >= 4 is 27.3 Å². The Kier molecular flexibility index (Phi) is 6.19. The number of sulfonamides is 1. The summed E-state index contributed by atoms with van der Waals surface area (Å²) in [6, 6.07) is 1.52. The van der Waals surface area contributed by atoms with Gasteiger partial charge in [0.25, 0.3) is 0 Å². The number of benzene rings is 1. The van der Waals surface area contributed by atoms with Gasteiger partial charge in [-0.1, -0.05) is 24.9 Å². The third-order valence-electron chi connectivity index (χ3n) is 2.67. The molecule has 0 aliphatic rings. The van der Waals surface area contributed by atoms with Gasteiger partial charge in [0, 0.05) is 13.2 Å². The molecule has 0 amide bonds. The van der Waals surface area contributed by atoms with E-state index in [0.29, 0.717) is 6.42 Å². The third-order valence-corrected chi connectivity index (χ3v) is 4.65. The second-order valence-electron chi connectivity index (χ2n) is 4.37. The van der Waals surface area contributed by atoms with Crippen LogP contribution in [-0.2, 0) is 14.8 Å². The topological polar surface area (TPSA) is 81.4 Å². The van der Waals surface area contributed by atoms with Crippen LogP contribution in [0.15, 0.2) is 17.0 Å². The third kappa shape index (κ3) is 4.31. The fraction of sp³-hybridized carbons (Fsp3) is 0.500. The summed E-state index contributed by atoms with van der Waals surface area (Å²) in [5.74, 6) is -0.754. The van der Waals surface area contributed by atoms with Gasteiger partial charge >= 0.3 is 0 Å². The first kappa shape index (κ1) is 17.2. The van der Waals surface area contributed by atoms with Crippen LogP contribution in [0.25, 0.3) is 0 Å². The van der Waals surface area contributed by atoms with Crippen molar-refractivity contribution < 1.29 is 17.5 Å². The van der Waals surface area contributed by atoms with Crippen LogP contribution in [0.5, 0.6) is 0 Å². The molecule has 0 aliphatic heterocycles. The smallest absolute Gasteiger partial charge is 0.242 e. The van der Waals surface area contributed by atoms with E-state index in [9.17, 15) is 12.8 Å². The Morgan fingerprint density at radius 1 is 1.50 bits per heavy atom. The van der Waals surface area contributed by atoms with E-state index in [4.69, 9.17) is 22.1 Å². The van der Waals surface area contributed by atoms with Crippen molar-refractivity contribution in [3.05, 3.63) is 23.0 Å². The number of methoxy groups -OCH3 is 1. The second kappa shape index (κ2) is 7.21. The Morgan fingerprint density at radius 2 is 2.15 bits per heavy atom. The fourth-order valence-corrected chi connectivity index (χ4v) is 3.56. The van der Waals surface area contributed by atoms with Gasteiger partial charge in [-0.15, -0.1) is 0 Å². The van der Waals surface area contributed by atoms with E-state index in [1.807, 2.05) is 6.92 Å². The molecule has 0 spiro atoms. The van der Waals surface area contributed by atoms with Gasteiger partial charge in [0.15, 0.2) is 0 Å². The first-order valence-corrected chi connectivity index (χ1v) is 7.93. The number of nitrogens with two attached hydrogens (primary N) is 1. The maximum Gasteiger partial charge on any atom is 0.242 e. The highest BCUT2D eigenvalue weighted by Crippen LogP contribution is 2.26. The molecule has 5 nitrogen and oxygen atoms in total. The van der Waals surface area contributed by atoms with E-state index in [-0.39, 0.29) is 28.3 Å². The van der Waals surface area contributed by atoms with Crippen LogP contribution >= 0.6 is 11.6 Å². The van der Waals surface area contributed by atoms with Gasteiger partial charge in [-0.3, -0.25) is 0 Å². The molecule has 8 heteroatoms. The van der Waals surface area contributed by atoms with Crippen LogP contribution in [0.1, 0.15) is 19.8 Å². The highest BCUT2D eigenvalue weighted by atomic mass is 35.5. The molecule has 1 atom stereocenters. The minimum Gasteiger partial charge on any atom is -0.396 e. The molecule has 0 heterocycles. The Balaban J connectivity index is 3.07. The van der Waals surface area contributed by atoms with Gasteiger partial charge in [0.1, 0.15) is 10.7 Å². The monoisotopic (exact) mass is 324 g/mol. The predicted octanol–water partition coefficient (Wildman–Crippen LogP) is 2.15. The summed E-state index contributed by atoms with van der Waals surface area (Å²) in [7, 11) is -2.40. The molecule has 1 aromatic carbocycles. The minimum absolute atomic E-state index is 0.211. The van der Waals surface area contributed by atoms with Crippen molar-refractivity contribution in [3.63, 3.8) is 0 Å². The molecule has 0 saturated carbocycles. The first-order valence-electron chi connectivity index (χ1n) is 6.07. The molecule has 0 fully saturated rings. The lowest BCUT2D eigenvalue weighted by atomic mass is 10.2. The van der Waals surface area contributed by atoms with E-state index >= 15 is 0 Å². The highest BCUT2D eigenvalue weighted by Gasteiger charge is 2.23. The van der Waals surface area contributed by atoms with Crippen LogP contribution < -0.4 is 10.5 Å². The van der Waals surface area contributed by atoms with Gasteiger partial charge in [0.05, 0.1) is 17.3 Å². The van der Waals surface area contributed by atoms with E-state index in [2.05, 4.69) is 4.72 Å². The van der Waals surface area contributed by atoms with Gasteiger partial charge < -0.3 is 10.5 Å². The van der Waals surface area contributed by atoms with Gasteiger partial charge in [-0.2, -0.15) is 0 Å². The number of halogens is 2. The Morgan fingerprint density at radius 3 is 2.70 bits per heavy atom. The summed E-state index contributed by atoms with van der Waals surface area (Å²) in [6.45, 7) is 2.17. The zero-order chi connectivity index (χ0) is 15.3. The summed E-state index contributed by atoms with van der Waals surface area (Å²) >= 11 is 5.78. The molecule has 1 unspecified atom stereocenters. The lowest BCUT2D eigenvalue weighted by Crippen LogP contribution is -2.38. The number of hydrogen-bond acceptors (Lipinski definition) is 4. The van der Waals surface area contributed by atoms with Crippen molar-refractivity contribution in [1.29, 1.82) is 0 Å². The molecule has 0 bridgehead atoms. The number of ether oxygens (including phenoxy) is 1. The maximum absolute atomic E-state index is 13.2. The fourth-order valence-electron chi connectivity index (χ4n) is 1.76. The van der Waals surface area contributed by atoms with Crippen LogP contribution in [0.3, 0.4) is 0 Å². The number of nitrogens with one attached hydrogen (secondary N) is 1. The maximum atomic E-state index is 13.2. The van der Waals surface area contributed by atoms with Crippen LogP contribution in [0.2, 0.25) is 5.02 Å². The highest BCUT2D eigenvalue weighted by molar-refractivity contribution is 7.89. The van der Waals surface area contributed by atoms with Crippen molar-refractivity contribution in [2.45, 2.75) is 30.7 Å². The lowest BCUT2D eigenvalue weighted by Gasteiger charge is -2.18. The predicted molar refractivity (Wildman–Crippen MR) is 76.7 cm³/mol. The largest absolute Gasteiger partial charge is 0.396 e. The number of hydrogen-bond donors (Lipinski definition) is 2. The van der Waals surface area contributed by atoms with Gasteiger partial charge in [-0.05, 0) is 18.6 Å². The molecule has 0 aliphatic carbocycles. The van der Waals surface area contributed by atoms with E-state index in [1.165, 1.54) is 7.11 Å². The molecular weight excluding hydrogens is 307 g/mol. The van der Waals surface area contributed by atoms with E-state index in [0.717, 1.165) is 18.6 Å². The summed E-state index contributed by atoms with van der Waals surface area (Å²) in [5, 5.41) is -0.211. The van der Waals surface area contributed by atoms with Crippen LogP contribution in [-0.4, -0.2) is 28.2 Å². The van der Waals surface area contributed by atoms with Crippen LogP contribution in [0, 0.1) is 5.82 Å². The average Bonchev–Trinajstić information content (AvgIpc) is 2.33. The summed E-state index contributed by atoms with van der Waals surface area (Å²) < 4.78 is 45.2. The average molecular weight is 325 g/mol. The number of nitrogen functional groups attached to an aromatic ring is 1. The minimum atomic E-state index is -3.88. The SMILES string of the molecule is CCCC(COC)NS(=O)(=O)c1cc(N)c(F)cc1Cl. The summed E-state index contributed by atoms with van der Waals surface area (Å²) in [4.78, 5) is -0.240. The standard InChI is InChI=1S/C12H18ClFN2O3S/c1-3-4-8(7-19-2)16-20(17,18)12-6-11(15)10(14)5-9(12)13/h5-6,8,16H,3-4,7,15H2,1-2H3.